The van der Waals surface area contributed by atoms with Crippen LogP contribution in [0.2, 0.25) is 0 Å². The number of fused-ring (bicyclic) bond motifs is 1. The van der Waals surface area contributed by atoms with Crippen LogP contribution in [0.1, 0.15) is 5.56 Å². The van der Waals surface area contributed by atoms with E-state index in [9.17, 15) is 0 Å². The second kappa shape index (κ2) is 4.07. The van der Waals surface area contributed by atoms with Crippen LogP contribution >= 0.6 is 0 Å². The highest BCUT2D eigenvalue weighted by Gasteiger charge is 2.05. The number of ether oxygens (including phenoxy) is 1. The van der Waals surface area contributed by atoms with Crippen LogP contribution in [-0.2, 0) is 0 Å². The number of hydrogen-bond acceptors (Lipinski definition) is 4. The molecule has 1 aromatic heterocycles. The monoisotopic (exact) mass is 213 g/mol. The van der Waals surface area contributed by atoms with E-state index >= 15 is 0 Å². The first-order valence-corrected chi connectivity index (χ1v) is 4.85. The predicted octanol–water partition coefficient (Wildman–Crippen LogP) is 2.16. The number of rotatable bonds is 2. The van der Waals surface area contributed by atoms with Crippen LogP contribution in [0.3, 0.4) is 0 Å². The van der Waals surface area contributed by atoms with Gasteiger partial charge in [-0.05, 0) is 24.3 Å². The van der Waals surface area contributed by atoms with E-state index in [2.05, 4.69) is 16.4 Å². The predicted molar refractivity (Wildman–Crippen MR) is 62.6 cm³/mol. The van der Waals surface area contributed by atoms with Gasteiger partial charge in [-0.1, -0.05) is 0 Å². The van der Waals surface area contributed by atoms with Crippen molar-refractivity contribution in [3.63, 3.8) is 0 Å². The molecule has 0 aliphatic heterocycles. The Labute approximate surface area is 93.5 Å². The zero-order chi connectivity index (χ0) is 11.5. The average Bonchev–Trinajstić information content (AvgIpc) is 2.36. The minimum atomic E-state index is 0.591. The van der Waals surface area contributed by atoms with Crippen LogP contribution in [-0.4, -0.2) is 19.1 Å². The van der Waals surface area contributed by atoms with Gasteiger partial charge in [0, 0.05) is 12.4 Å². The second-order valence-corrected chi connectivity index (χ2v) is 3.30. The number of nitrogens with one attached hydrogen (secondary N) is 1. The summed E-state index contributed by atoms with van der Waals surface area (Å²) in [6.07, 6.45) is 0. The number of hydrogen-bond donors (Lipinski definition) is 1. The van der Waals surface area contributed by atoms with Crippen molar-refractivity contribution in [2.45, 2.75) is 0 Å². The first-order valence-electron chi connectivity index (χ1n) is 4.85. The standard InChI is InChI=1S/C12H11N3O/c1-14-12-5-8(7-13)10-6-9(16-2)3-4-11(10)15-12/h3-6H,1-2H3,(H,14,15). The molecular formula is C12H11N3O. The Kier molecular flexibility index (Phi) is 2.61. The van der Waals surface area contributed by atoms with Gasteiger partial charge in [0.1, 0.15) is 11.6 Å². The first kappa shape index (κ1) is 10.2. The van der Waals surface area contributed by atoms with Gasteiger partial charge in [-0.3, -0.25) is 0 Å². The molecule has 4 nitrogen and oxygen atoms in total. The van der Waals surface area contributed by atoms with Crippen LogP contribution in [0, 0.1) is 11.3 Å². The molecule has 0 amide bonds. The van der Waals surface area contributed by atoms with E-state index in [-0.39, 0.29) is 0 Å². The molecule has 4 heteroatoms. The van der Waals surface area contributed by atoms with Gasteiger partial charge in [-0.2, -0.15) is 5.26 Å². The van der Waals surface area contributed by atoms with E-state index in [1.54, 1.807) is 20.2 Å². The average molecular weight is 213 g/mol. The first-order chi connectivity index (χ1) is 7.78. The second-order valence-electron chi connectivity index (χ2n) is 3.30. The lowest BCUT2D eigenvalue weighted by molar-refractivity contribution is 0.415. The quantitative estimate of drug-likeness (QED) is 0.830. The lowest BCUT2D eigenvalue weighted by Crippen LogP contribution is -1.95. The van der Waals surface area contributed by atoms with E-state index < -0.39 is 0 Å². The molecule has 16 heavy (non-hydrogen) atoms. The topological polar surface area (TPSA) is 57.9 Å². The third kappa shape index (κ3) is 1.63. The fourth-order valence-electron chi connectivity index (χ4n) is 1.55. The molecule has 1 N–H and O–H groups in total. The summed E-state index contributed by atoms with van der Waals surface area (Å²) in [4.78, 5) is 4.36. The molecule has 0 radical (unpaired) electrons. The highest BCUT2D eigenvalue weighted by molar-refractivity contribution is 5.87. The Balaban J connectivity index is 2.75. The molecule has 0 saturated heterocycles. The van der Waals surface area contributed by atoms with Crippen molar-refractivity contribution in [1.29, 1.82) is 5.26 Å². The summed E-state index contributed by atoms with van der Waals surface area (Å²) in [6.45, 7) is 0. The SMILES string of the molecule is CNc1cc(C#N)c2cc(OC)ccc2n1. The molecule has 1 heterocycles. The van der Waals surface area contributed by atoms with Gasteiger partial charge in [-0.25, -0.2) is 4.98 Å². The Hall–Kier alpha value is -2.28. The van der Waals surface area contributed by atoms with Gasteiger partial charge >= 0.3 is 0 Å². The zero-order valence-electron chi connectivity index (χ0n) is 9.11. The van der Waals surface area contributed by atoms with Gasteiger partial charge in [0.2, 0.25) is 0 Å². The molecule has 0 saturated carbocycles. The molecule has 1 aromatic carbocycles. The van der Waals surface area contributed by atoms with Crippen LogP contribution in [0.5, 0.6) is 5.75 Å². The Morgan fingerprint density at radius 1 is 1.38 bits per heavy atom. The summed E-state index contributed by atoms with van der Waals surface area (Å²) in [5.74, 6) is 1.41. The number of aromatic nitrogens is 1. The molecule has 0 spiro atoms. The molecule has 80 valence electrons. The fourth-order valence-corrected chi connectivity index (χ4v) is 1.55. The minimum Gasteiger partial charge on any atom is -0.497 e. The Bertz CT molecular complexity index is 572. The van der Waals surface area contributed by atoms with E-state index in [0.717, 1.165) is 16.7 Å². The zero-order valence-corrected chi connectivity index (χ0v) is 9.11. The third-order valence-corrected chi connectivity index (χ3v) is 2.39. The lowest BCUT2D eigenvalue weighted by Gasteiger charge is -2.06. The summed E-state index contributed by atoms with van der Waals surface area (Å²) >= 11 is 0. The van der Waals surface area contributed by atoms with E-state index in [1.807, 2.05) is 18.2 Å². The highest BCUT2D eigenvalue weighted by atomic mass is 16.5. The maximum Gasteiger partial charge on any atom is 0.127 e. The van der Waals surface area contributed by atoms with Gasteiger partial charge in [0.05, 0.1) is 24.3 Å². The van der Waals surface area contributed by atoms with E-state index in [4.69, 9.17) is 10.00 Å². The van der Waals surface area contributed by atoms with Crippen molar-refractivity contribution in [3.05, 3.63) is 29.8 Å². The fraction of sp³-hybridized carbons (Fsp3) is 0.167. The molecule has 0 fully saturated rings. The van der Waals surface area contributed by atoms with Crippen LogP contribution < -0.4 is 10.1 Å². The maximum atomic E-state index is 9.07. The molecule has 0 atom stereocenters. The van der Waals surface area contributed by atoms with Crippen molar-refractivity contribution in [3.8, 4) is 11.8 Å². The summed E-state index contributed by atoms with van der Waals surface area (Å²) < 4.78 is 5.13. The third-order valence-electron chi connectivity index (χ3n) is 2.39. The van der Waals surface area contributed by atoms with Crippen molar-refractivity contribution < 1.29 is 4.74 Å². The van der Waals surface area contributed by atoms with Gasteiger partial charge in [-0.15, -0.1) is 0 Å². The molecule has 2 aromatic rings. The minimum absolute atomic E-state index is 0.591. The summed E-state index contributed by atoms with van der Waals surface area (Å²) in [5.41, 5.74) is 1.37. The van der Waals surface area contributed by atoms with Crippen LogP contribution in [0.4, 0.5) is 5.82 Å². The number of methoxy groups -OCH3 is 1. The van der Waals surface area contributed by atoms with Crippen molar-refractivity contribution in [2.24, 2.45) is 0 Å². The largest absolute Gasteiger partial charge is 0.497 e. The highest BCUT2D eigenvalue weighted by Crippen LogP contribution is 2.24. The van der Waals surface area contributed by atoms with Crippen LogP contribution in [0.15, 0.2) is 24.3 Å². The molecular weight excluding hydrogens is 202 g/mol. The summed E-state index contributed by atoms with van der Waals surface area (Å²) in [6, 6.07) is 9.38. The van der Waals surface area contributed by atoms with Gasteiger partial charge in [0.25, 0.3) is 0 Å². The van der Waals surface area contributed by atoms with E-state index in [0.29, 0.717) is 11.4 Å². The number of nitriles is 1. The Morgan fingerprint density at radius 3 is 2.81 bits per heavy atom. The molecule has 2 rings (SSSR count). The number of nitrogens with zero attached hydrogens (tertiary/aromatic N) is 2. The Morgan fingerprint density at radius 2 is 2.19 bits per heavy atom. The lowest BCUT2D eigenvalue weighted by atomic mass is 10.1. The van der Waals surface area contributed by atoms with Crippen molar-refractivity contribution >= 4 is 16.7 Å². The number of pyridine rings is 1. The molecule has 0 bridgehead atoms. The normalized spacial score (nSPS) is 9.81. The smallest absolute Gasteiger partial charge is 0.127 e. The van der Waals surface area contributed by atoms with Crippen molar-refractivity contribution in [1.82, 2.24) is 4.98 Å². The van der Waals surface area contributed by atoms with Gasteiger partial charge < -0.3 is 10.1 Å². The molecule has 0 aliphatic rings. The maximum absolute atomic E-state index is 9.07. The summed E-state index contributed by atoms with van der Waals surface area (Å²) in [5, 5.41) is 12.8. The van der Waals surface area contributed by atoms with Crippen molar-refractivity contribution in [2.75, 3.05) is 19.5 Å². The van der Waals surface area contributed by atoms with E-state index in [1.165, 1.54) is 0 Å². The van der Waals surface area contributed by atoms with Crippen LogP contribution in [0.25, 0.3) is 10.9 Å². The summed E-state index contributed by atoms with van der Waals surface area (Å²) in [7, 11) is 3.38. The number of anilines is 1. The van der Waals surface area contributed by atoms with Gasteiger partial charge in [0.15, 0.2) is 0 Å². The molecule has 0 aliphatic carbocycles. The molecule has 0 unspecified atom stereocenters. The number of benzene rings is 1.